The van der Waals surface area contributed by atoms with E-state index in [-0.39, 0.29) is 13.0 Å². The van der Waals surface area contributed by atoms with E-state index in [0.717, 1.165) is 28.9 Å². The van der Waals surface area contributed by atoms with E-state index >= 15 is 0 Å². The van der Waals surface area contributed by atoms with Crippen molar-refractivity contribution >= 4 is 11.9 Å². The molecule has 1 unspecified atom stereocenters. The normalized spacial score (nSPS) is 13.6. The van der Waals surface area contributed by atoms with Crippen LogP contribution in [-0.2, 0) is 16.0 Å². The summed E-state index contributed by atoms with van der Waals surface area (Å²) in [6.07, 6.45) is 4.14. The average Bonchev–Trinajstić information content (AvgIpc) is 3.12. The number of aliphatic carboxylic acids is 1. The van der Waals surface area contributed by atoms with Crippen molar-refractivity contribution in [3.05, 3.63) is 47.8 Å². The molecule has 1 aliphatic heterocycles. The van der Waals surface area contributed by atoms with Crippen molar-refractivity contribution in [2.24, 2.45) is 0 Å². The first-order chi connectivity index (χ1) is 12.6. The number of nitrogens with zero attached hydrogens (tertiary/aromatic N) is 1. The summed E-state index contributed by atoms with van der Waals surface area (Å²) in [6.45, 7) is 0.921. The molecule has 0 fully saturated rings. The third-order valence-corrected chi connectivity index (χ3v) is 4.24. The number of benzene rings is 1. The molecule has 0 radical (unpaired) electrons. The third kappa shape index (κ3) is 4.00. The fraction of sp³-hybridized carbons (Fsp3) is 0.316. The molecule has 0 aliphatic carbocycles. The predicted octanol–water partition coefficient (Wildman–Crippen LogP) is 1.90. The van der Waals surface area contributed by atoms with Crippen LogP contribution >= 0.6 is 0 Å². The number of hydrogen-bond acceptors (Lipinski definition) is 5. The van der Waals surface area contributed by atoms with Gasteiger partial charge in [-0.2, -0.15) is 0 Å². The van der Waals surface area contributed by atoms with Gasteiger partial charge >= 0.3 is 5.97 Å². The topological polar surface area (TPSA) is 97.8 Å². The van der Waals surface area contributed by atoms with Crippen LogP contribution in [0.4, 0.5) is 0 Å². The van der Waals surface area contributed by atoms with Crippen LogP contribution in [-0.4, -0.2) is 48.3 Å². The van der Waals surface area contributed by atoms with Crippen LogP contribution in [0.3, 0.4) is 0 Å². The number of ether oxygens (including phenoxy) is 2. The van der Waals surface area contributed by atoms with Gasteiger partial charge in [0.15, 0.2) is 0 Å². The predicted molar refractivity (Wildman–Crippen MR) is 94.3 cm³/mol. The van der Waals surface area contributed by atoms with Gasteiger partial charge in [-0.05, 0) is 29.3 Å². The molecular formula is C19H20N2O5. The molecule has 1 aliphatic rings. The smallest absolute Gasteiger partial charge is 0.326 e. The van der Waals surface area contributed by atoms with Gasteiger partial charge in [-0.15, -0.1) is 0 Å². The van der Waals surface area contributed by atoms with Gasteiger partial charge < -0.3 is 19.9 Å². The first-order valence-corrected chi connectivity index (χ1v) is 8.32. The van der Waals surface area contributed by atoms with E-state index in [0.29, 0.717) is 12.2 Å². The van der Waals surface area contributed by atoms with E-state index in [1.807, 2.05) is 18.2 Å². The second kappa shape index (κ2) is 7.97. The van der Waals surface area contributed by atoms with Gasteiger partial charge in [-0.1, -0.05) is 6.07 Å². The summed E-state index contributed by atoms with van der Waals surface area (Å²) in [7, 11) is 1.48. The number of carboxylic acids is 1. The van der Waals surface area contributed by atoms with Gasteiger partial charge in [0.1, 0.15) is 11.8 Å². The molecule has 0 saturated heterocycles. The highest BCUT2D eigenvalue weighted by atomic mass is 16.5. The van der Waals surface area contributed by atoms with Gasteiger partial charge in [-0.25, -0.2) is 4.79 Å². The van der Waals surface area contributed by atoms with E-state index in [1.54, 1.807) is 12.3 Å². The lowest BCUT2D eigenvalue weighted by Gasteiger charge is -2.14. The van der Waals surface area contributed by atoms with E-state index in [9.17, 15) is 14.7 Å². The Morgan fingerprint density at radius 2 is 2.15 bits per heavy atom. The van der Waals surface area contributed by atoms with Gasteiger partial charge in [0.25, 0.3) is 5.91 Å². The van der Waals surface area contributed by atoms with Crippen molar-refractivity contribution in [3.63, 3.8) is 0 Å². The molecule has 1 atom stereocenters. The second-order valence-corrected chi connectivity index (χ2v) is 6.03. The van der Waals surface area contributed by atoms with Gasteiger partial charge in [0, 0.05) is 44.5 Å². The Hall–Kier alpha value is -2.93. The quantitative estimate of drug-likeness (QED) is 0.786. The molecule has 2 aromatic rings. The number of aromatic nitrogens is 1. The van der Waals surface area contributed by atoms with Crippen LogP contribution in [0.15, 0.2) is 36.7 Å². The lowest BCUT2D eigenvalue weighted by Crippen LogP contribution is -2.41. The summed E-state index contributed by atoms with van der Waals surface area (Å²) in [4.78, 5) is 27.8. The van der Waals surface area contributed by atoms with Crippen molar-refractivity contribution in [2.75, 3.05) is 20.3 Å². The highest BCUT2D eigenvalue weighted by Crippen LogP contribution is 2.30. The minimum atomic E-state index is -1.10. The van der Waals surface area contributed by atoms with Gasteiger partial charge in [0.05, 0.1) is 12.2 Å². The molecule has 1 amide bonds. The zero-order valence-corrected chi connectivity index (χ0v) is 14.4. The second-order valence-electron chi connectivity index (χ2n) is 6.03. The van der Waals surface area contributed by atoms with Crippen LogP contribution in [0.5, 0.6) is 5.75 Å². The minimum absolute atomic E-state index is 0.190. The van der Waals surface area contributed by atoms with Crippen LogP contribution in [0.1, 0.15) is 22.3 Å². The Bertz CT molecular complexity index is 821. The third-order valence-electron chi connectivity index (χ3n) is 4.24. The van der Waals surface area contributed by atoms with Crippen molar-refractivity contribution in [2.45, 2.75) is 18.9 Å². The minimum Gasteiger partial charge on any atom is -0.493 e. The molecule has 1 aromatic carbocycles. The Balaban J connectivity index is 1.78. The Labute approximate surface area is 151 Å². The average molecular weight is 356 g/mol. The molecule has 26 heavy (non-hydrogen) atoms. The molecule has 0 bridgehead atoms. The summed E-state index contributed by atoms with van der Waals surface area (Å²) in [6, 6.07) is 6.55. The zero-order chi connectivity index (χ0) is 18.5. The highest BCUT2D eigenvalue weighted by molar-refractivity contribution is 5.97. The van der Waals surface area contributed by atoms with Crippen LogP contribution in [0.25, 0.3) is 11.1 Å². The summed E-state index contributed by atoms with van der Waals surface area (Å²) >= 11 is 0. The highest BCUT2D eigenvalue weighted by Gasteiger charge is 2.21. The summed E-state index contributed by atoms with van der Waals surface area (Å²) < 4.78 is 10.4. The number of hydrogen-bond donors (Lipinski definition) is 2. The number of rotatable bonds is 7. The maximum atomic E-state index is 12.4. The largest absolute Gasteiger partial charge is 0.493 e. The molecule has 136 valence electrons. The lowest BCUT2D eigenvalue weighted by atomic mass is 10.0. The number of amides is 1. The van der Waals surface area contributed by atoms with Crippen LogP contribution < -0.4 is 10.1 Å². The van der Waals surface area contributed by atoms with E-state index in [4.69, 9.17) is 9.47 Å². The number of pyridine rings is 1. The summed E-state index contributed by atoms with van der Waals surface area (Å²) in [5, 5.41) is 11.7. The van der Waals surface area contributed by atoms with E-state index < -0.39 is 17.9 Å². The van der Waals surface area contributed by atoms with Crippen molar-refractivity contribution in [1.29, 1.82) is 0 Å². The number of carbonyl (C=O) groups is 2. The SMILES string of the molecule is COCCC(NC(=O)c1cncc(-c2ccc3c(c2)CCO3)c1)C(=O)O. The van der Waals surface area contributed by atoms with Crippen molar-refractivity contribution < 1.29 is 24.2 Å². The van der Waals surface area contributed by atoms with Crippen molar-refractivity contribution in [1.82, 2.24) is 10.3 Å². The standard InChI is InChI=1S/C19H20N2O5/c1-25-6-5-16(19(23)24)21-18(22)15-9-14(10-20-11-15)12-2-3-17-13(8-12)4-7-26-17/h2-3,8-11,16H,4-7H2,1H3,(H,21,22)(H,23,24). The maximum Gasteiger partial charge on any atom is 0.326 e. The number of fused-ring (bicyclic) bond motifs is 1. The Kier molecular flexibility index (Phi) is 5.48. The molecule has 0 saturated carbocycles. The maximum absolute atomic E-state index is 12.4. The monoisotopic (exact) mass is 356 g/mol. The fourth-order valence-corrected chi connectivity index (χ4v) is 2.82. The molecule has 2 N–H and O–H groups in total. The van der Waals surface area contributed by atoms with Crippen LogP contribution in [0.2, 0.25) is 0 Å². The van der Waals surface area contributed by atoms with E-state index in [2.05, 4.69) is 10.3 Å². The fourth-order valence-electron chi connectivity index (χ4n) is 2.82. The molecule has 3 rings (SSSR count). The molecule has 1 aromatic heterocycles. The Morgan fingerprint density at radius 1 is 1.31 bits per heavy atom. The summed E-state index contributed by atoms with van der Waals surface area (Å²) in [5.74, 6) is -0.691. The molecule has 7 heteroatoms. The number of methoxy groups -OCH3 is 1. The Morgan fingerprint density at radius 3 is 2.92 bits per heavy atom. The molecular weight excluding hydrogens is 336 g/mol. The summed E-state index contributed by atoms with van der Waals surface area (Å²) in [5.41, 5.74) is 3.16. The molecule has 7 nitrogen and oxygen atoms in total. The first-order valence-electron chi connectivity index (χ1n) is 8.32. The molecule has 2 heterocycles. The van der Waals surface area contributed by atoms with E-state index in [1.165, 1.54) is 13.3 Å². The first kappa shape index (κ1) is 17.9. The molecule has 0 spiro atoms. The van der Waals surface area contributed by atoms with Gasteiger partial charge in [-0.3, -0.25) is 9.78 Å². The van der Waals surface area contributed by atoms with Crippen molar-refractivity contribution in [3.8, 4) is 16.9 Å². The zero-order valence-electron chi connectivity index (χ0n) is 14.4. The lowest BCUT2D eigenvalue weighted by molar-refractivity contribution is -0.139. The number of carboxylic acid groups (broad SMARTS) is 1. The van der Waals surface area contributed by atoms with Crippen LogP contribution in [0, 0.1) is 0 Å². The number of carbonyl (C=O) groups excluding carboxylic acids is 1. The number of nitrogens with one attached hydrogen (secondary N) is 1. The van der Waals surface area contributed by atoms with Gasteiger partial charge in [0.2, 0.25) is 0 Å².